The van der Waals surface area contributed by atoms with Gasteiger partial charge in [0, 0.05) is 0 Å². The number of carboxylic acid groups (broad SMARTS) is 1. The van der Waals surface area contributed by atoms with Crippen LogP contribution in [0.4, 0.5) is 5.69 Å². The van der Waals surface area contributed by atoms with Gasteiger partial charge >= 0.3 is 5.97 Å². The van der Waals surface area contributed by atoms with Crippen molar-refractivity contribution in [1.29, 1.82) is 0 Å². The van der Waals surface area contributed by atoms with Crippen molar-refractivity contribution in [2.24, 2.45) is 0 Å². The largest absolute Gasteiger partial charge is 0.506 e. The van der Waals surface area contributed by atoms with Crippen molar-refractivity contribution in [3.8, 4) is 5.75 Å². The third-order valence-electron chi connectivity index (χ3n) is 2.87. The predicted octanol–water partition coefficient (Wildman–Crippen LogP) is 2.20. The molecule has 21 heavy (non-hydrogen) atoms. The lowest BCUT2D eigenvalue weighted by molar-refractivity contribution is 0.0697. The van der Waals surface area contributed by atoms with Gasteiger partial charge in [-0.1, -0.05) is 18.2 Å². The first-order valence-corrected chi connectivity index (χ1v) is 7.44. The van der Waals surface area contributed by atoms with Gasteiger partial charge in [0.25, 0.3) is 10.0 Å². The summed E-state index contributed by atoms with van der Waals surface area (Å²) >= 11 is 0. The fourth-order valence-corrected chi connectivity index (χ4v) is 3.12. The summed E-state index contributed by atoms with van der Waals surface area (Å²) < 4.78 is 26.8. The minimum atomic E-state index is -3.91. The second-order valence-electron chi connectivity index (χ2n) is 4.41. The molecule has 2 aromatic rings. The number of aryl methyl sites for hydroxylation is 1. The number of carboxylic acids is 1. The lowest BCUT2D eigenvalue weighted by Crippen LogP contribution is -2.14. The Bertz CT molecular complexity index is 799. The van der Waals surface area contributed by atoms with Crippen molar-refractivity contribution < 1.29 is 23.4 Å². The zero-order valence-electron chi connectivity index (χ0n) is 11.1. The molecule has 0 spiro atoms. The smallest absolute Gasteiger partial charge is 0.335 e. The van der Waals surface area contributed by atoms with Crippen molar-refractivity contribution in [2.75, 3.05) is 4.72 Å². The maximum absolute atomic E-state index is 12.3. The van der Waals surface area contributed by atoms with Gasteiger partial charge in [0.1, 0.15) is 5.75 Å². The number of hydrogen-bond donors (Lipinski definition) is 3. The molecule has 7 heteroatoms. The first-order chi connectivity index (χ1) is 9.81. The zero-order valence-corrected chi connectivity index (χ0v) is 11.9. The number of nitrogens with one attached hydrogen (secondary N) is 1. The molecule has 0 aliphatic rings. The highest BCUT2D eigenvalue weighted by molar-refractivity contribution is 7.92. The fourth-order valence-electron chi connectivity index (χ4n) is 1.81. The number of benzene rings is 2. The van der Waals surface area contributed by atoms with Gasteiger partial charge in [-0.05, 0) is 36.8 Å². The Morgan fingerprint density at radius 1 is 1.14 bits per heavy atom. The molecule has 0 saturated heterocycles. The molecular weight excluding hydrogens is 294 g/mol. The molecule has 0 aromatic heterocycles. The zero-order chi connectivity index (χ0) is 15.6. The van der Waals surface area contributed by atoms with Crippen LogP contribution in [0.25, 0.3) is 0 Å². The van der Waals surface area contributed by atoms with Crippen molar-refractivity contribution in [2.45, 2.75) is 11.8 Å². The summed E-state index contributed by atoms with van der Waals surface area (Å²) in [4.78, 5) is 11.0. The Kier molecular flexibility index (Phi) is 3.86. The van der Waals surface area contributed by atoms with Crippen molar-refractivity contribution >= 4 is 21.7 Å². The molecule has 0 aliphatic carbocycles. The van der Waals surface area contributed by atoms with Crippen LogP contribution in [-0.2, 0) is 10.0 Å². The van der Waals surface area contributed by atoms with Crippen LogP contribution in [-0.4, -0.2) is 24.6 Å². The van der Waals surface area contributed by atoms with Crippen LogP contribution < -0.4 is 4.72 Å². The van der Waals surface area contributed by atoms with Gasteiger partial charge < -0.3 is 10.2 Å². The normalized spacial score (nSPS) is 11.1. The second-order valence-corrected chi connectivity index (χ2v) is 6.06. The monoisotopic (exact) mass is 307 g/mol. The average molecular weight is 307 g/mol. The van der Waals surface area contributed by atoms with Gasteiger partial charge in [0.2, 0.25) is 0 Å². The number of phenolic OH excluding ortho intramolecular Hbond substituents is 1. The number of anilines is 1. The van der Waals surface area contributed by atoms with Gasteiger partial charge in [-0.2, -0.15) is 0 Å². The van der Waals surface area contributed by atoms with E-state index < -0.39 is 16.0 Å². The van der Waals surface area contributed by atoms with Crippen LogP contribution in [0.1, 0.15) is 15.9 Å². The number of carbonyl (C=O) groups is 1. The third-order valence-corrected chi connectivity index (χ3v) is 4.40. The number of sulfonamides is 1. The van der Waals surface area contributed by atoms with E-state index in [-0.39, 0.29) is 21.9 Å². The number of aromatic carboxylic acids is 1. The van der Waals surface area contributed by atoms with E-state index in [2.05, 4.69) is 4.72 Å². The Balaban J connectivity index is 2.44. The van der Waals surface area contributed by atoms with E-state index >= 15 is 0 Å². The van der Waals surface area contributed by atoms with Crippen LogP contribution in [0.5, 0.6) is 5.75 Å². The van der Waals surface area contributed by atoms with E-state index in [0.29, 0.717) is 5.56 Å². The molecule has 110 valence electrons. The highest BCUT2D eigenvalue weighted by Gasteiger charge is 2.19. The fraction of sp³-hybridized carbons (Fsp3) is 0.0714. The van der Waals surface area contributed by atoms with E-state index in [1.807, 2.05) is 0 Å². The lowest BCUT2D eigenvalue weighted by Gasteiger charge is -2.12. The Morgan fingerprint density at radius 3 is 2.43 bits per heavy atom. The molecule has 0 unspecified atom stereocenters. The summed E-state index contributed by atoms with van der Waals surface area (Å²) in [7, 11) is -3.91. The maximum atomic E-state index is 12.3. The molecule has 0 heterocycles. The van der Waals surface area contributed by atoms with E-state index in [0.717, 1.165) is 12.1 Å². The van der Waals surface area contributed by atoms with E-state index in [1.165, 1.54) is 12.1 Å². The SMILES string of the molecule is Cc1ccccc1S(=O)(=O)Nc1cc(C(=O)O)ccc1O. The molecule has 0 bridgehead atoms. The molecule has 3 N–H and O–H groups in total. The van der Waals surface area contributed by atoms with E-state index in [4.69, 9.17) is 5.11 Å². The summed E-state index contributed by atoms with van der Waals surface area (Å²) in [5.41, 5.74) is 0.229. The summed E-state index contributed by atoms with van der Waals surface area (Å²) in [5.74, 6) is -1.57. The molecule has 2 aromatic carbocycles. The first-order valence-electron chi connectivity index (χ1n) is 5.96. The molecule has 0 atom stereocenters. The van der Waals surface area contributed by atoms with Crippen LogP contribution in [0.2, 0.25) is 0 Å². The van der Waals surface area contributed by atoms with Gasteiger partial charge in [-0.3, -0.25) is 4.72 Å². The minimum absolute atomic E-state index is 0.0603. The summed E-state index contributed by atoms with van der Waals surface area (Å²) in [6.45, 7) is 1.64. The standard InChI is InChI=1S/C14H13NO5S/c1-9-4-2-3-5-13(9)21(19,20)15-11-8-10(14(17)18)6-7-12(11)16/h2-8,15-16H,1H3,(H,17,18). The summed E-state index contributed by atoms with van der Waals surface area (Å²) in [6.07, 6.45) is 0. The first kappa shape index (κ1) is 14.9. The topological polar surface area (TPSA) is 104 Å². The number of phenols is 1. The highest BCUT2D eigenvalue weighted by Crippen LogP contribution is 2.27. The summed E-state index contributed by atoms with van der Waals surface area (Å²) in [5, 5.41) is 18.6. The van der Waals surface area contributed by atoms with Gasteiger partial charge in [-0.25, -0.2) is 13.2 Å². The molecule has 0 aliphatic heterocycles. The molecule has 0 amide bonds. The van der Waals surface area contributed by atoms with E-state index in [1.54, 1.807) is 25.1 Å². The van der Waals surface area contributed by atoms with E-state index in [9.17, 15) is 18.3 Å². The second kappa shape index (κ2) is 5.45. The van der Waals surface area contributed by atoms with Crippen molar-refractivity contribution in [1.82, 2.24) is 0 Å². The predicted molar refractivity (Wildman–Crippen MR) is 77.1 cm³/mol. The van der Waals surface area contributed by atoms with Gasteiger partial charge in [0.05, 0.1) is 16.1 Å². The van der Waals surface area contributed by atoms with Gasteiger partial charge in [0.15, 0.2) is 0 Å². The number of rotatable bonds is 4. The Labute approximate surface area is 121 Å². The van der Waals surface area contributed by atoms with Crippen LogP contribution in [0.3, 0.4) is 0 Å². The van der Waals surface area contributed by atoms with Crippen LogP contribution in [0.15, 0.2) is 47.4 Å². The highest BCUT2D eigenvalue weighted by atomic mass is 32.2. The quantitative estimate of drug-likeness (QED) is 0.751. The number of hydrogen-bond acceptors (Lipinski definition) is 4. The molecule has 2 rings (SSSR count). The molecule has 0 fully saturated rings. The van der Waals surface area contributed by atoms with Crippen LogP contribution in [0, 0.1) is 6.92 Å². The molecule has 6 nitrogen and oxygen atoms in total. The maximum Gasteiger partial charge on any atom is 0.335 e. The van der Waals surface area contributed by atoms with Crippen molar-refractivity contribution in [3.63, 3.8) is 0 Å². The Morgan fingerprint density at radius 2 is 1.81 bits per heavy atom. The van der Waals surface area contributed by atoms with Crippen LogP contribution >= 0.6 is 0 Å². The van der Waals surface area contributed by atoms with Crippen molar-refractivity contribution in [3.05, 3.63) is 53.6 Å². The Hall–Kier alpha value is -2.54. The molecule has 0 saturated carbocycles. The average Bonchev–Trinajstić information content (AvgIpc) is 2.41. The minimum Gasteiger partial charge on any atom is -0.506 e. The number of aromatic hydroxyl groups is 1. The van der Waals surface area contributed by atoms with Gasteiger partial charge in [-0.15, -0.1) is 0 Å². The molecular formula is C14H13NO5S. The third kappa shape index (κ3) is 3.14. The molecule has 0 radical (unpaired) electrons. The summed E-state index contributed by atoms with van der Waals surface area (Å²) in [6, 6.07) is 9.72. The lowest BCUT2D eigenvalue weighted by atomic mass is 10.2.